The van der Waals surface area contributed by atoms with Gasteiger partial charge in [0.15, 0.2) is 0 Å². The molecule has 0 aromatic rings. The minimum Gasteiger partial charge on any atom is -0.480 e. The maximum absolute atomic E-state index is 13.6. The molecule has 0 aliphatic carbocycles. The standard InChI is InChI=1S/C34H60N10O12/c1-6-17(2)26(32(53)41-21(10-7-8-12-35)29(50)38-20(5)28(49)42-23(16-46)34(55)56)43-30(51)22(15-45)40-25(47)14-37-27(48)19(4)39-31(52)24-11-9-13-44(24)33(54)18(3)36/h17-24,26,45-46H,6-16,35-36H2,1-5H3,(H,37,48)(H,38,50)(H,39,52)(H,40,47)(H,41,53)(H,42,49)(H,43,51)(H,55,56)/t17-,18-,19-,20-,21-,22-,23-,24-,26-/m0/s1. The number of hydrogen-bond donors (Lipinski definition) is 12. The van der Waals surface area contributed by atoms with Crippen LogP contribution in [-0.2, 0) is 43.2 Å². The van der Waals surface area contributed by atoms with Crippen LogP contribution in [0, 0.1) is 5.92 Å². The molecule has 1 rings (SSSR count). The molecule has 1 heterocycles. The number of rotatable bonds is 24. The van der Waals surface area contributed by atoms with E-state index < -0.39 is 127 Å². The molecule has 14 N–H and O–H groups in total. The molecule has 0 saturated carbocycles. The Labute approximate surface area is 325 Å². The molecular formula is C34H60N10O12. The van der Waals surface area contributed by atoms with Crippen LogP contribution in [0.4, 0.5) is 0 Å². The highest BCUT2D eigenvalue weighted by Crippen LogP contribution is 2.18. The number of likely N-dealkylation sites (tertiary alicyclic amines) is 1. The lowest BCUT2D eigenvalue weighted by Crippen LogP contribution is -2.60. The van der Waals surface area contributed by atoms with Crippen molar-refractivity contribution in [3.8, 4) is 0 Å². The van der Waals surface area contributed by atoms with Gasteiger partial charge in [-0.05, 0) is 65.3 Å². The maximum atomic E-state index is 13.6. The predicted octanol–water partition coefficient (Wildman–Crippen LogP) is -5.37. The molecule has 8 amide bonds. The minimum absolute atomic E-state index is 0.0777. The van der Waals surface area contributed by atoms with E-state index in [9.17, 15) is 53.4 Å². The van der Waals surface area contributed by atoms with Crippen molar-refractivity contribution in [3.63, 3.8) is 0 Å². The lowest BCUT2D eigenvalue weighted by molar-refractivity contribution is -0.143. The molecule has 1 fully saturated rings. The molecule has 0 bridgehead atoms. The summed E-state index contributed by atoms with van der Waals surface area (Å²) in [7, 11) is 0. The topological polar surface area (TPSA) is 354 Å². The second kappa shape index (κ2) is 24.6. The third-order valence-corrected chi connectivity index (χ3v) is 9.16. The first-order chi connectivity index (χ1) is 26.3. The zero-order valence-corrected chi connectivity index (χ0v) is 32.6. The first kappa shape index (κ1) is 49.1. The van der Waals surface area contributed by atoms with Crippen LogP contribution in [0.2, 0.25) is 0 Å². The molecule has 0 radical (unpaired) electrons. The zero-order valence-electron chi connectivity index (χ0n) is 32.6. The second-order valence-corrected chi connectivity index (χ2v) is 13.8. The van der Waals surface area contributed by atoms with E-state index >= 15 is 0 Å². The largest absolute Gasteiger partial charge is 0.480 e. The number of nitrogens with zero attached hydrogens (tertiary/aromatic N) is 1. The van der Waals surface area contributed by atoms with E-state index in [1.54, 1.807) is 13.8 Å². The van der Waals surface area contributed by atoms with Gasteiger partial charge in [-0.15, -0.1) is 0 Å². The number of nitrogens with two attached hydrogens (primary N) is 2. The number of aliphatic hydroxyl groups excluding tert-OH is 2. The number of nitrogens with one attached hydrogen (secondary N) is 7. The fraction of sp³-hybridized carbons (Fsp3) is 0.735. The van der Waals surface area contributed by atoms with Gasteiger partial charge in [0.05, 0.1) is 25.8 Å². The van der Waals surface area contributed by atoms with E-state index in [2.05, 4.69) is 37.2 Å². The molecule has 0 unspecified atom stereocenters. The third-order valence-electron chi connectivity index (χ3n) is 9.16. The lowest BCUT2D eigenvalue weighted by Gasteiger charge is -2.28. The third kappa shape index (κ3) is 15.7. The summed E-state index contributed by atoms with van der Waals surface area (Å²) in [6.07, 6.45) is 2.29. The van der Waals surface area contributed by atoms with Crippen molar-refractivity contribution in [2.75, 3.05) is 32.8 Å². The number of aliphatic carboxylic acids is 1. The number of amides is 8. The number of unbranched alkanes of at least 4 members (excludes halogenated alkanes) is 1. The Morgan fingerprint density at radius 1 is 0.732 bits per heavy atom. The van der Waals surface area contributed by atoms with E-state index in [1.165, 1.54) is 25.7 Å². The lowest BCUT2D eigenvalue weighted by atomic mass is 9.97. The Bertz CT molecular complexity index is 1400. The van der Waals surface area contributed by atoms with Gasteiger partial charge < -0.3 is 68.9 Å². The Morgan fingerprint density at radius 3 is 1.88 bits per heavy atom. The van der Waals surface area contributed by atoms with Gasteiger partial charge in [-0.2, -0.15) is 0 Å². The molecule has 1 saturated heterocycles. The summed E-state index contributed by atoms with van der Waals surface area (Å²) in [5, 5.41) is 44.9. The van der Waals surface area contributed by atoms with Crippen LogP contribution in [0.3, 0.4) is 0 Å². The maximum Gasteiger partial charge on any atom is 0.328 e. The van der Waals surface area contributed by atoms with Crippen molar-refractivity contribution < 1.29 is 58.5 Å². The molecule has 0 aromatic heterocycles. The average molecular weight is 801 g/mol. The van der Waals surface area contributed by atoms with Gasteiger partial charge in [0.1, 0.15) is 42.3 Å². The molecule has 0 aromatic carbocycles. The highest BCUT2D eigenvalue weighted by Gasteiger charge is 2.37. The van der Waals surface area contributed by atoms with E-state index in [0.29, 0.717) is 38.6 Å². The molecule has 22 heteroatoms. The molecule has 9 atom stereocenters. The van der Waals surface area contributed by atoms with E-state index in [1.807, 2.05) is 0 Å². The summed E-state index contributed by atoms with van der Waals surface area (Å²) in [4.78, 5) is 116. The van der Waals surface area contributed by atoms with E-state index in [4.69, 9.17) is 16.6 Å². The number of hydrogen-bond acceptors (Lipinski definition) is 13. The van der Waals surface area contributed by atoms with Crippen LogP contribution in [0.15, 0.2) is 0 Å². The van der Waals surface area contributed by atoms with E-state index in [-0.39, 0.29) is 13.0 Å². The summed E-state index contributed by atoms with van der Waals surface area (Å²) < 4.78 is 0. The van der Waals surface area contributed by atoms with Gasteiger partial charge in [-0.3, -0.25) is 38.4 Å². The van der Waals surface area contributed by atoms with Crippen LogP contribution in [0.1, 0.15) is 73.1 Å². The number of carboxylic acids is 1. The quantitative estimate of drug-likeness (QED) is 0.0406. The van der Waals surface area contributed by atoms with Gasteiger partial charge in [0.2, 0.25) is 47.3 Å². The number of carbonyl (C=O) groups is 9. The Kier molecular flexibility index (Phi) is 21.5. The van der Waals surface area contributed by atoms with Crippen LogP contribution in [0.5, 0.6) is 0 Å². The monoisotopic (exact) mass is 800 g/mol. The first-order valence-corrected chi connectivity index (χ1v) is 18.6. The first-order valence-electron chi connectivity index (χ1n) is 18.6. The van der Waals surface area contributed by atoms with Crippen LogP contribution >= 0.6 is 0 Å². The summed E-state index contributed by atoms with van der Waals surface area (Å²) in [6.45, 7) is 5.74. The summed E-state index contributed by atoms with van der Waals surface area (Å²) in [5.74, 6) is -8.05. The fourth-order valence-corrected chi connectivity index (χ4v) is 5.54. The highest BCUT2D eigenvalue weighted by atomic mass is 16.4. The molecule has 56 heavy (non-hydrogen) atoms. The van der Waals surface area contributed by atoms with E-state index in [0.717, 1.165) is 0 Å². The predicted molar refractivity (Wildman–Crippen MR) is 198 cm³/mol. The Hall–Kier alpha value is -4.93. The summed E-state index contributed by atoms with van der Waals surface area (Å²) in [6, 6.07) is -9.64. The van der Waals surface area contributed by atoms with Gasteiger partial charge in [-0.25, -0.2) is 4.79 Å². The molecule has 318 valence electrons. The fourth-order valence-electron chi connectivity index (χ4n) is 5.54. The normalized spacial score (nSPS) is 18.0. The molecular weight excluding hydrogens is 740 g/mol. The number of carbonyl (C=O) groups excluding carboxylic acids is 8. The molecule has 0 spiro atoms. The minimum atomic E-state index is -1.61. The number of carboxylic acid groups (broad SMARTS) is 1. The van der Waals surface area contributed by atoms with Crippen molar-refractivity contribution in [1.82, 2.24) is 42.1 Å². The molecule has 22 nitrogen and oxygen atoms in total. The molecule has 1 aliphatic heterocycles. The van der Waals surface area contributed by atoms with Crippen molar-refractivity contribution >= 4 is 53.2 Å². The van der Waals surface area contributed by atoms with Crippen molar-refractivity contribution in [2.45, 2.75) is 121 Å². The van der Waals surface area contributed by atoms with Crippen molar-refractivity contribution in [2.24, 2.45) is 17.4 Å². The van der Waals surface area contributed by atoms with Crippen LogP contribution in [0.25, 0.3) is 0 Å². The molecule has 1 aliphatic rings. The number of aliphatic hydroxyl groups is 2. The zero-order chi connectivity index (χ0) is 42.7. The van der Waals surface area contributed by atoms with Crippen molar-refractivity contribution in [3.05, 3.63) is 0 Å². The average Bonchev–Trinajstić information content (AvgIpc) is 3.65. The Balaban J connectivity index is 2.90. The van der Waals surface area contributed by atoms with Crippen LogP contribution < -0.4 is 48.7 Å². The van der Waals surface area contributed by atoms with Gasteiger partial charge >= 0.3 is 5.97 Å². The Morgan fingerprint density at radius 2 is 1.32 bits per heavy atom. The summed E-state index contributed by atoms with van der Waals surface area (Å²) in [5.41, 5.74) is 11.3. The van der Waals surface area contributed by atoms with Gasteiger partial charge in [0.25, 0.3) is 0 Å². The van der Waals surface area contributed by atoms with Gasteiger partial charge in [-0.1, -0.05) is 20.3 Å². The van der Waals surface area contributed by atoms with Crippen LogP contribution in [-0.4, -0.2) is 155 Å². The summed E-state index contributed by atoms with van der Waals surface area (Å²) >= 11 is 0. The second-order valence-electron chi connectivity index (χ2n) is 13.8. The smallest absolute Gasteiger partial charge is 0.328 e. The highest BCUT2D eigenvalue weighted by molar-refractivity contribution is 5.97. The SMILES string of the molecule is CC[C@H](C)[C@H](NC(=O)[C@H](CO)NC(=O)CNC(=O)[C@H](C)NC(=O)[C@@H]1CCCN1C(=O)[C@H](C)N)C(=O)N[C@@H](CCCCN)C(=O)N[C@@H](C)C(=O)N[C@@H](CO)C(=O)O. The van der Waals surface area contributed by atoms with Gasteiger partial charge in [0, 0.05) is 6.54 Å². The van der Waals surface area contributed by atoms with Crippen molar-refractivity contribution in [1.29, 1.82) is 0 Å².